The maximum absolute atomic E-state index is 12.5. The zero-order chi connectivity index (χ0) is 28.0. The number of rotatable bonds is 7. The molecule has 0 unspecified atom stereocenters. The van der Waals surface area contributed by atoms with E-state index >= 15 is 0 Å². The van der Waals surface area contributed by atoms with E-state index < -0.39 is 0 Å². The zero-order valence-electron chi connectivity index (χ0n) is 22.9. The molecule has 9 nitrogen and oxygen atoms in total. The van der Waals surface area contributed by atoms with Crippen molar-refractivity contribution in [1.29, 1.82) is 5.26 Å². The van der Waals surface area contributed by atoms with Gasteiger partial charge in [-0.1, -0.05) is 38.8 Å². The van der Waals surface area contributed by atoms with E-state index in [0.29, 0.717) is 41.3 Å². The van der Waals surface area contributed by atoms with Crippen LogP contribution < -0.4 is 26.9 Å². The van der Waals surface area contributed by atoms with Gasteiger partial charge in [0.05, 0.1) is 34.1 Å². The number of benzene rings is 2. The third kappa shape index (κ3) is 4.76. The van der Waals surface area contributed by atoms with E-state index in [9.17, 15) is 10.1 Å². The smallest absolute Gasteiger partial charge is 0.251 e. The fourth-order valence-corrected chi connectivity index (χ4v) is 5.20. The van der Waals surface area contributed by atoms with E-state index in [2.05, 4.69) is 75.9 Å². The van der Waals surface area contributed by atoms with Gasteiger partial charge in [-0.3, -0.25) is 14.8 Å². The number of amides is 1. The molecule has 5 N–H and O–H groups in total. The Morgan fingerprint density at radius 3 is 2.80 bits per heavy atom. The summed E-state index contributed by atoms with van der Waals surface area (Å²) >= 11 is 0. The van der Waals surface area contributed by atoms with Gasteiger partial charge in [0.15, 0.2) is 0 Å². The number of hydrazine groups is 2. The number of anilines is 2. The molecule has 9 heteroatoms. The van der Waals surface area contributed by atoms with Gasteiger partial charge in [0.25, 0.3) is 5.91 Å². The van der Waals surface area contributed by atoms with Crippen molar-refractivity contribution in [3.8, 4) is 18.4 Å². The molecule has 0 saturated heterocycles. The van der Waals surface area contributed by atoms with Crippen molar-refractivity contribution in [1.82, 2.24) is 26.3 Å². The van der Waals surface area contributed by atoms with Crippen molar-refractivity contribution in [2.24, 2.45) is 5.41 Å². The molecule has 202 valence electrons. The maximum Gasteiger partial charge on any atom is 0.251 e. The third-order valence-electron chi connectivity index (χ3n) is 7.41. The first-order chi connectivity index (χ1) is 19.3. The quantitative estimate of drug-likeness (QED) is 0.287. The largest absolute Gasteiger partial charge is 0.383 e. The number of hydrogen-bond acceptors (Lipinski definition) is 8. The first kappa shape index (κ1) is 25.5. The summed E-state index contributed by atoms with van der Waals surface area (Å²) in [5, 5.41) is 23.1. The number of nitrogens with zero attached hydrogens (tertiary/aromatic N) is 3. The molecule has 0 spiro atoms. The number of aromatic nitrogens is 1. The van der Waals surface area contributed by atoms with Crippen molar-refractivity contribution >= 4 is 28.2 Å². The Morgan fingerprint density at radius 2 is 2.08 bits per heavy atom. The van der Waals surface area contributed by atoms with Crippen LogP contribution in [0.25, 0.3) is 10.9 Å². The van der Waals surface area contributed by atoms with Crippen molar-refractivity contribution in [2.75, 3.05) is 17.2 Å². The highest BCUT2D eigenvalue weighted by atomic mass is 16.1. The van der Waals surface area contributed by atoms with Gasteiger partial charge in [-0.15, -0.1) is 12.0 Å². The number of carbonyl (C=O) groups is 1. The van der Waals surface area contributed by atoms with Gasteiger partial charge in [-0.2, -0.15) is 5.26 Å². The van der Waals surface area contributed by atoms with Crippen molar-refractivity contribution in [3.05, 3.63) is 76.2 Å². The zero-order valence-corrected chi connectivity index (χ0v) is 22.9. The summed E-state index contributed by atoms with van der Waals surface area (Å²) in [5.74, 6) is 2.68. The predicted molar refractivity (Wildman–Crippen MR) is 156 cm³/mol. The SMILES string of the molecule is C#Cc1cnc2c(C#N)cc(N[C@H](C3=CN(C4CC4)NN3)c3cccc4c3CNC4=O)cc2c1NCC(C)(C)C. The molecule has 1 atom stereocenters. The summed E-state index contributed by atoms with van der Waals surface area (Å²) in [7, 11) is 0. The maximum atomic E-state index is 12.5. The fraction of sp³-hybridized carbons (Fsp3) is 0.323. The Labute approximate surface area is 234 Å². The van der Waals surface area contributed by atoms with Crippen LogP contribution in [0.4, 0.5) is 11.4 Å². The molecule has 1 aromatic heterocycles. The topological polar surface area (TPSA) is 117 Å². The molecule has 2 aliphatic heterocycles. The number of hydrogen-bond donors (Lipinski definition) is 5. The normalized spacial score (nSPS) is 16.9. The molecular formula is C31H32N8O. The van der Waals surface area contributed by atoms with Gasteiger partial charge >= 0.3 is 0 Å². The number of nitriles is 1. The van der Waals surface area contributed by atoms with E-state index in [-0.39, 0.29) is 17.4 Å². The second-order valence-corrected chi connectivity index (χ2v) is 11.7. The minimum atomic E-state index is -0.322. The third-order valence-corrected chi connectivity index (χ3v) is 7.41. The molecule has 0 radical (unpaired) electrons. The Balaban J connectivity index is 1.46. The summed E-state index contributed by atoms with van der Waals surface area (Å²) in [6, 6.07) is 12.1. The molecule has 3 aromatic rings. The van der Waals surface area contributed by atoms with Crippen LogP contribution in [0.1, 0.15) is 72.3 Å². The number of nitrogens with one attached hydrogen (secondary N) is 5. The number of fused-ring (bicyclic) bond motifs is 2. The monoisotopic (exact) mass is 532 g/mol. The number of carbonyl (C=O) groups excluding carboxylic acids is 1. The van der Waals surface area contributed by atoms with E-state index in [4.69, 9.17) is 6.42 Å². The van der Waals surface area contributed by atoms with E-state index in [1.807, 2.05) is 30.3 Å². The van der Waals surface area contributed by atoms with Gasteiger partial charge < -0.3 is 21.4 Å². The Morgan fingerprint density at radius 1 is 1.25 bits per heavy atom. The molecule has 3 heterocycles. The summed E-state index contributed by atoms with van der Waals surface area (Å²) in [6.07, 6.45) is 11.9. The van der Waals surface area contributed by atoms with Crippen LogP contribution in [0.2, 0.25) is 0 Å². The molecule has 3 aliphatic rings. The van der Waals surface area contributed by atoms with Gasteiger partial charge in [-0.25, -0.2) is 0 Å². The molecule has 40 heavy (non-hydrogen) atoms. The highest BCUT2D eigenvalue weighted by Gasteiger charge is 2.34. The summed E-state index contributed by atoms with van der Waals surface area (Å²) in [5.41, 5.74) is 13.4. The predicted octanol–water partition coefficient (Wildman–Crippen LogP) is 4.27. The summed E-state index contributed by atoms with van der Waals surface area (Å²) < 4.78 is 0. The standard InChI is InChI=1S/C31H32N8O/c1-5-18-14-33-28-19(13-32)11-20(12-24(28)27(18)35-17-31(2,3)4)36-29(26-16-39(38-37-26)21-9-10-21)22-7-6-8-23-25(22)15-34-30(23)40/h1,6-8,11-12,14,16,21,29,36-38H,9-10,15,17H2,2-4H3,(H,33,35)(H,34,40)/t29-/m0/s1. The average Bonchev–Trinajstić information content (AvgIpc) is 3.55. The molecule has 1 aliphatic carbocycles. The number of terminal acetylenes is 1. The lowest BCUT2D eigenvalue weighted by atomic mass is 9.94. The minimum Gasteiger partial charge on any atom is -0.383 e. The summed E-state index contributed by atoms with van der Waals surface area (Å²) in [4.78, 5) is 17.0. The van der Waals surface area contributed by atoms with Gasteiger partial charge in [0.2, 0.25) is 0 Å². The van der Waals surface area contributed by atoms with Crippen LogP contribution in [0, 0.1) is 29.1 Å². The van der Waals surface area contributed by atoms with Crippen LogP contribution in [-0.4, -0.2) is 28.5 Å². The minimum absolute atomic E-state index is 0.0146. The van der Waals surface area contributed by atoms with Crippen LogP contribution in [-0.2, 0) is 6.54 Å². The highest BCUT2D eigenvalue weighted by Crippen LogP contribution is 2.37. The van der Waals surface area contributed by atoms with E-state index in [1.54, 1.807) is 6.20 Å². The fourth-order valence-electron chi connectivity index (χ4n) is 5.20. The van der Waals surface area contributed by atoms with Gasteiger partial charge in [0, 0.05) is 48.2 Å². The Bertz CT molecular complexity index is 1630. The molecule has 1 fully saturated rings. The Kier molecular flexibility index (Phi) is 6.25. The average molecular weight is 533 g/mol. The number of pyridine rings is 1. The van der Waals surface area contributed by atoms with Crippen LogP contribution in [0.15, 0.2) is 48.4 Å². The van der Waals surface area contributed by atoms with Crippen molar-refractivity contribution < 1.29 is 4.79 Å². The highest BCUT2D eigenvalue weighted by molar-refractivity contribution is 6.00. The molecule has 2 aromatic carbocycles. The van der Waals surface area contributed by atoms with E-state index in [1.165, 1.54) is 0 Å². The lowest BCUT2D eigenvalue weighted by molar-refractivity contribution is 0.0965. The second kappa shape index (κ2) is 9.78. The van der Waals surface area contributed by atoms with E-state index in [0.717, 1.165) is 46.4 Å². The lowest BCUT2D eigenvalue weighted by Crippen LogP contribution is -2.38. The van der Waals surface area contributed by atoms with Crippen molar-refractivity contribution in [3.63, 3.8) is 0 Å². The van der Waals surface area contributed by atoms with Gasteiger partial charge in [-0.05, 0) is 47.6 Å². The second-order valence-electron chi connectivity index (χ2n) is 11.7. The lowest BCUT2D eigenvalue weighted by Gasteiger charge is -2.25. The molecular weight excluding hydrogens is 500 g/mol. The molecule has 6 rings (SSSR count). The van der Waals surface area contributed by atoms with Crippen molar-refractivity contribution in [2.45, 2.75) is 52.2 Å². The van der Waals surface area contributed by atoms with Crippen LogP contribution in [0.3, 0.4) is 0 Å². The van der Waals surface area contributed by atoms with Gasteiger partial charge in [0.1, 0.15) is 6.07 Å². The Hall–Kier alpha value is -4.73. The summed E-state index contributed by atoms with van der Waals surface area (Å²) in [6.45, 7) is 7.61. The molecule has 0 bridgehead atoms. The van der Waals surface area contributed by atoms with Crippen LogP contribution >= 0.6 is 0 Å². The first-order valence-corrected chi connectivity index (χ1v) is 13.5. The first-order valence-electron chi connectivity index (χ1n) is 13.5. The van der Waals surface area contributed by atoms with Crippen LogP contribution in [0.5, 0.6) is 0 Å². The molecule has 1 amide bonds. The molecule has 1 saturated carbocycles.